The van der Waals surface area contributed by atoms with Crippen molar-refractivity contribution in [3.63, 3.8) is 0 Å². The highest BCUT2D eigenvalue weighted by Gasteiger charge is 2.17. The molecular weight excluding hydrogens is 348 g/mol. The number of benzene rings is 1. The molecule has 0 unspecified atom stereocenters. The van der Waals surface area contributed by atoms with Crippen molar-refractivity contribution in [1.29, 1.82) is 0 Å². The molecule has 26 heavy (non-hydrogen) atoms. The number of nitrogens with zero attached hydrogens (tertiary/aromatic N) is 2. The molecule has 0 radical (unpaired) electrons. The lowest BCUT2D eigenvalue weighted by Gasteiger charge is -2.32. The highest BCUT2D eigenvalue weighted by Crippen LogP contribution is 2.33. The molecule has 2 saturated heterocycles. The van der Waals surface area contributed by atoms with Gasteiger partial charge in [0.1, 0.15) is 5.75 Å². The summed E-state index contributed by atoms with van der Waals surface area (Å²) in [6.07, 6.45) is 2.89. The average molecular weight is 383 g/mol. The highest BCUT2D eigenvalue weighted by atomic mass is 35.5. The predicted octanol–water partition coefficient (Wildman–Crippen LogP) is 3.12. The van der Waals surface area contributed by atoms with Gasteiger partial charge in [0.25, 0.3) is 0 Å². The number of rotatable bonds is 7. The van der Waals surface area contributed by atoms with E-state index in [2.05, 4.69) is 53.3 Å². The monoisotopic (exact) mass is 382 g/mol. The molecule has 148 valence electrons. The van der Waals surface area contributed by atoms with Crippen LogP contribution >= 0.6 is 12.4 Å². The van der Waals surface area contributed by atoms with E-state index in [1.807, 2.05) is 0 Å². The van der Waals surface area contributed by atoms with E-state index in [0.717, 1.165) is 45.0 Å². The van der Waals surface area contributed by atoms with Gasteiger partial charge in [0.2, 0.25) is 0 Å². The molecule has 2 aliphatic heterocycles. The zero-order valence-electron chi connectivity index (χ0n) is 16.5. The van der Waals surface area contributed by atoms with Crippen LogP contribution in [0.15, 0.2) is 12.1 Å². The molecule has 0 saturated carbocycles. The maximum absolute atomic E-state index is 6.03. The number of hydrogen-bond donors (Lipinski definition) is 2. The van der Waals surface area contributed by atoms with E-state index in [9.17, 15) is 0 Å². The molecule has 2 aliphatic rings. The number of hydrogen-bond acceptors (Lipinski definition) is 5. The lowest BCUT2D eigenvalue weighted by molar-refractivity contribution is 0.242. The minimum absolute atomic E-state index is 0. The van der Waals surface area contributed by atoms with Gasteiger partial charge in [-0.15, -0.1) is 12.4 Å². The third kappa shape index (κ3) is 5.66. The van der Waals surface area contributed by atoms with Crippen molar-refractivity contribution in [2.75, 3.05) is 62.6 Å². The van der Waals surface area contributed by atoms with E-state index in [4.69, 9.17) is 4.74 Å². The van der Waals surface area contributed by atoms with Crippen molar-refractivity contribution in [3.8, 4) is 5.75 Å². The Balaban J connectivity index is 0.00000243. The fourth-order valence-corrected chi connectivity index (χ4v) is 3.79. The molecule has 0 spiro atoms. The number of halogens is 1. The zero-order chi connectivity index (χ0) is 17.6. The molecule has 3 rings (SSSR count). The minimum atomic E-state index is 0. The standard InChI is InChI=1S/C20H34N4O.ClH/c1-16(2)25-18-14-19(22-8-11-23-9-4-5-10-23)17(3)20(15-18)24-12-6-21-7-13-24;/h14-16,21-22H,4-13H2,1-3H3;1H. The Labute approximate surface area is 164 Å². The largest absolute Gasteiger partial charge is 0.491 e. The van der Waals surface area contributed by atoms with Crippen molar-refractivity contribution in [2.45, 2.75) is 39.7 Å². The molecule has 0 amide bonds. The molecule has 0 bridgehead atoms. The maximum Gasteiger partial charge on any atom is 0.123 e. The Hall–Kier alpha value is -1.17. The molecule has 0 atom stereocenters. The van der Waals surface area contributed by atoms with Gasteiger partial charge in [-0.2, -0.15) is 0 Å². The first-order valence-electron chi connectivity index (χ1n) is 9.86. The molecule has 1 aromatic carbocycles. The van der Waals surface area contributed by atoms with Crippen molar-refractivity contribution >= 4 is 23.8 Å². The molecule has 5 nitrogen and oxygen atoms in total. The third-order valence-electron chi connectivity index (χ3n) is 5.13. The minimum Gasteiger partial charge on any atom is -0.491 e. The first kappa shape index (κ1) is 21.1. The van der Waals surface area contributed by atoms with Crippen molar-refractivity contribution in [2.24, 2.45) is 0 Å². The summed E-state index contributed by atoms with van der Waals surface area (Å²) in [5.41, 5.74) is 3.86. The van der Waals surface area contributed by atoms with Crippen LogP contribution in [-0.4, -0.2) is 63.4 Å². The van der Waals surface area contributed by atoms with Gasteiger partial charge in [-0.3, -0.25) is 0 Å². The predicted molar refractivity (Wildman–Crippen MR) is 113 cm³/mol. The summed E-state index contributed by atoms with van der Waals surface area (Å²) in [7, 11) is 0. The first-order chi connectivity index (χ1) is 12.1. The summed E-state index contributed by atoms with van der Waals surface area (Å²) >= 11 is 0. The smallest absolute Gasteiger partial charge is 0.123 e. The molecule has 2 fully saturated rings. The Morgan fingerprint density at radius 2 is 1.81 bits per heavy atom. The fraction of sp³-hybridized carbons (Fsp3) is 0.700. The Morgan fingerprint density at radius 1 is 1.12 bits per heavy atom. The fourth-order valence-electron chi connectivity index (χ4n) is 3.79. The van der Waals surface area contributed by atoms with Gasteiger partial charge in [0, 0.05) is 62.8 Å². The number of likely N-dealkylation sites (tertiary alicyclic amines) is 1. The Morgan fingerprint density at radius 3 is 2.46 bits per heavy atom. The van der Waals surface area contributed by atoms with Gasteiger partial charge in [-0.05, 0) is 52.3 Å². The van der Waals surface area contributed by atoms with Crippen molar-refractivity contribution in [3.05, 3.63) is 17.7 Å². The van der Waals surface area contributed by atoms with Crippen LogP contribution in [0.5, 0.6) is 5.75 Å². The normalized spacial score (nSPS) is 18.1. The van der Waals surface area contributed by atoms with Crippen molar-refractivity contribution in [1.82, 2.24) is 10.2 Å². The molecule has 2 N–H and O–H groups in total. The Kier molecular flexibility index (Phi) is 8.32. The van der Waals surface area contributed by atoms with Gasteiger partial charge in [0.15, 0.2) is 0 Å². The molecule has 6 heteroatoms. The number of ether oxygens (including phenoxy) is 1. The zero-order valence-corrected chi connectivity index (χ0v) is 17.3. The van der Waals surface area contributed by atoms with Crippen LogP contribution in [0, 0.1) is 6.92 Å². The molecule has 0 aromatic heterocycles. The van der Waals surface area contributed by atoms with Gasteiger partial charge in [0.05, 0.1) is 6.10 Å². The number of nitrogens with one attached hydrogen (secondary N) is 2. The second-order valence-corrected chi connectivity index (χ2v) is 7.49. The van der Waals surface area contributed by atoms with Crippen LogP contribution in [0.25, 0.3) is 0 Å². The summed E-state index contributed by atoms with van der Waals surface area (Å²) < 4.78 is 6.03. The van der Waals surface area contributed by atoms with Crippen LogP contribution in [-0.2, 0) is 0 Å². The molecule has 2 heterocycles. The number of piperazine rings is 1. The quantitative estimate of drug-likeness (QED) is 0.758. The van der Waals surface area contributed by atoms with Crippen LogP contribution in [0.2, 0.25) is 0 Å². The summed E-state index contributed by atoms with van der Waals surface area (Å²) in [5.74, 6) is 0.970. The summed E-state index contributed by atoms with van der Waals surface area (Å²) in [4.78, 5) is 5.03. The van der Waals surface area contributed by atoms with E-state index in [1.54, 1.807) is 0 Å². The van der Waals surface area contributed by atoms with E-state index < -0.39 is 0 Å². The van der Waals surface area contributed by atoms with Gasteiger partial charge < -0.3 is 25.2 Å². The van der Waals surface area contributed by atoms with Crippen molar-refractivity contribution < 1.29 is 4.74 Å². The van der Waals surface area contributed by atoms with Crippen LogP contribution in [0.1, 0.15) is 32.3 Å². The third-order valence-corrected chi connectivity index (χ3v) is 5.13. The topological polar surface area (TPSA) is 39.8 Å². The van der Waals surface area contributed by atoms with Gasteiger partial charge in [-0.1, -0.05) is 0 Å². The lowest BCUT2D eigenvalue weighted by Crippen LogP contribution is -2.43. The molecule has 0 aliphatic carbocycles. The second kappa shape index (κ2) is 10.2. The molecule has 1 aromatic rings. The summed E-state index contributed by atoms with van der Waals surface area (Å²) in [6, 6.07) is 4.39. The molecular formula is C20H35ClN4O. The highest BCUT2D eigenvalue weighted by molar-refractivity contribution is 5.85. The SMILES string of the molecule is Cc1c(NCCN2CCCC2)cc(OC(C)C)cc1N1CCNCC1.Cl. The van der Waals surface area contributed by atoms with E-state index in [1.165, 1.54) is 42.9 Å². The van der Waals surface area contributed by atoms with Crippen LogP contribution in [0.3, 0.4) is 0 Å². The van der Waals surface area contributed by atoms with Gasteiger partial charge in [-0.25, -0.2) is 0 Å². The van der Waals surface area contributed by atoms with Crippen LogP contribution in [0.4, 0.5) is 11.4 Å². The van der Waals surface area contributed by atoms with Crippen LogP contribution < -0.4 is 20.3 Å². The first-order valence-corrected chi connectivity index (χ1v) is 9.86. The van der Waals surface area contributed by atoms with E-state index in [0.29, 0.717) is 0 Å². The average Bonchev–Trinajstić information content (AvgIpc) is 3.11. The van der Waals surface area contributed by atoms with E-state index in [-0.39, 0.29) is 18.5 Å². The Bertz CT molecular complexity index is 555. The van der Waals surface area contributed by atoms with E-state index >= 15 is 0 Å². The summed E-state index contributed by atoms with van der Waals surface area (Å²) in [6.45, 7) is 15.2. The summed E-state index contributed by atoms with van der Waals surface area (Å²) in [5, 5.41) is 7.11. The van der Waals surface area contributed by atoms with Gasteiger partial charge >= 0.3 is 0 Å². The lowest BCUT2D eigenvalue weighted by atomic mass is 10.1. The maximum atomic E-state index is 6.03. The number of anilines is 2. The second-order valence-electron chi connectivity index (χ2n) is 7.49.